The highest BCUT2D eigenvalue weighted by Gasteiger charge is 2.38. The molecule has 0 radical (unpaired) electrons. The molecular weight excluding hydrogens is 270 g/mol. The molecule has 0 aliphatic carbocycles. The summed E-state index contributed by atoms with van der Waals surface area (Å²) in [5.41, 5.74) is -1.19. The smallest absolute Gasteiger partial charge is 0.319 e. The van der Waals surface area contributed by atoms with Crippen molar-refractivity contribution >= 4 is 21.6 Å². The van der Waals surface area contributed by atoms with Crippen molar-refractivity contribution in [3.05, 3.63) is 0 Å². The van der Waals surface area contributed by atoms with Crippen molar-refractivity contribution in [3.8, 4) is 0 Å². The second-order valence-corrected chi connectivity index (χ2v) is 7.50. The molecule has 1 rings (SSSR count). The highest BCUT2D eigenvalue weighted by Crippen LogP contribution is 2.20. The van der Waals surface area contributed by atoms with Gasteiger partial charge in [-0.2, -0.15) is 0 Å². The summed E-state index contributed by atoms with van der Waals surface area (Å²) in [6.45, 7) is 5.76. The van der Waals surface area contributed by atoms with Gasteiger partial charge in [-0.05, 0) is 20.8 Å². The van der Waals surface area contributed by atoms with Crippen LogP contribution < -0.4 is 0 Å². The van der Waals surface area contributed by atoms with Crippen LogP contribution in [0.3, 0.4) is 0 Å². The number of sulfone groups is 1. The van der Waals surface area contributed by atoms with Crippen molar-refractivity contribution in [2.75, 3.05) is 37.7 Å². The van der Waals surface area contributed by atoms with Gasteiger partial charge < -0.3 is 4.74 Å². The van der Waals surface area contributed by atoms with Crippen LogP contribution in [-0.4, -0.2) is 62.8 Å². The van der Waals surface area contributed by atoms with Crippen molar-refractivity contribution in [3.63, 3.8) is 0 Å². The van der Waals surface area contributed by atoms with Gasteiger partial charge >= 0.3 is 5.97 Å². The molecule has 0 N–H and O–H groups in total. The Kier molecular flexibility index (Phi) is 5.09. The van der Waals surface area contributed by atoms with E-state index in [1.54, 1.807) is 11.8 Å². The van der Waals surface area contributed by atoms with Gasteiger partial charge in [0, 0.05) is 13.1 Å². The fourth-order valence-corrected chi connectivity index (χ4v) is 3.01. The first-order valence-electron chi connectivity index (χ1n) is 6.32. The van der Waals surface area contributed by atoms with Gasteiger partial charge in [0.25, 0.3) is 0 Å². The maximum atomic E-state index is 12.1. The van der Waals surface area contributed by atoms with E-state index in [9.17, 15) is 18.0 Å². The topological polar surface area (TPSA) is 80.8 Å². The Labute approximate surface area is 114 Å². The van der Waals surface area contributed by atoms with Crippen LogP contribution in [0.4, 0.5) is 0 Å². The summed E-state index contributed by atoms with van der Waals surface area (Å²) < 4.78 is 27.4. The molecule has 1 aliphatic rings. The van der Waals surface area contributed by atoms with E-state index in [0.717, 1.165) is 0 Å². The molecule has 0 aromatic carbocycles. The SMILES string of the molecule is CCOC(=O)C(C)(C)C(=O)CN1CCS(=O)(=O)CC1. The summed E-state index contributed by atoms with van der Waals surface area (Å²) in [5.74, 6) is -0.643. The number of carbonyl (C=O) groups is 2. The summed E-state index contributed by atoms with van der Waals surface area (Å²) in [6.07, 6.45) is 0. The number of hydrogen-bond acceptors (Lipinski definition) is 6. The second-order valence-electron chi connectivity index (χ2n) is 5.20. The number of nitrogens with zero attached hydrogens (tertiary/aromatic N) is 1. The molecule has 0 bridgehead atoms. The zero-order valence-corrected chi connectivity index (χ0v) is 12.5. The molecule has 0 spiro atoms. The van der Waals surface area contributed by atoms with Crippen LogP contribution in [0.15, 0.2) is 0 Å². The van der Waals surface area contributed by atoms with Gasteiger partial charge in [-0.15, -0.1) is 0 Å². The van der Waals surface area contributed by atoms with E-state index < -0.39 is 21.2 Å². The number of hydrogen-bond donors (Lipinski definition) is 0. The molecule has 7 heteroatoms. The Morgan fingerprint density at radius 1 is 1.21 bits per heavy atom. The second kappa shape index (κ2) is 6.00. The fourth-order valence-electron chi connectivity index (χ4n) is 1.73. The van der Waals surface area contributed by atoms with E-state index in [4.69, 9.17) is 4.74 Å². The lowest BCUT2D eigenvalue weighted by Crippen LogP contribution is -2.47. The Balaban J connectivity index is 2.58. The van der Waals surface area contributed by atoms with E-state index >= 15 is 0 Å². The third-order valence-electron chi connectivity index (χ3n) is 3.29. The van der Waals surface area contributed by atoms with E-state index in [2.05, 4.69) is 0 Å². The maximum absolute atomic E-state index is 12.1. The first-order chi connectivity index (χ1) is 8.69. The zero-order valence-electron chi connectivity index (χ0n) is 11.6. The molecule has 0 aromatic heterocycles. The minimum atomic E-state index is -2.96. The fraction of sp³-hybridized carbons (Fsp3) is 0.833. The van der Waals surface area contributed by atoms with Gasteiger partial charge in [0.05, 0.1) is 24.7 Å². The van der Waals surface area contributed by atoms with E-state index in [-0.39, 0.29) is 30.4 Å². The lowest BCUT2D eigenvalue weighted by atomic mass is 9.88. The monoisotopic (exact) mass is 291 g/mol. The van der Waals surface area contributed by atoms with Crippen molar-refractivity contribution < 1.29 is 22.7 Å². The Bertz CT molecular complexity index is 441. The average Bonchev–Trinajstić information content (AvgIpc) is 2.32. The maximum Gasteiger partial charge on any atom is 0.319 e. The Morgan fingerprint density at radius 2 is 1.74 bits per heavy atom. The van der Waals surface area contributed by atoms with Crippen LogP contribution in [0.5, 0.6) is 0 Å². The van der Waals surface area contributed by atoms with Crippen LogP contribution >= 0.6 is 0 Å². The number of carbonyl (C=O) groups excluding carboxylic acids is 2. The molecule has 0 aromatic rings. The largest absolute Gasteiger partial charge is 0.465 e. The van der Waals surface area contributed by atoms with Gasteiger partial charge in [-0.3, -0.25) is 14.5 Å². The minimum Gasteiger partial charge on any atom is -0.465 e. The van der Waals surface area contributed by atoms with Crippen LogP contribution in [0, 0.1) is 5.41 Å². The molecule has 1 heterocycles. The Hall–Kier alpha value is -0.950. The van der Waals surface area contributed by atoms with Crippen LogP contribution in [0.2, 0.25) is 0 Å². The van der Waals surface area contributed by atoms with E-state index in [0.29, 0.717) is 13.1 Å². The van der Waals surface area contributed by atoms with Crippen molar-refractivity contribution in [1.82, 2.24) is 4.90 Å². The van der Waals surface area contributed by atoms with Crippen molar-refractivity contribution in [1.29, 1.82) is 0 Å². The number of ether oxygens (including phenoxy) is 1. The highest BCUT2D eigenvalue weighted by molar-refractivity contribution is 7.91. The van der Waals surface area contributed by atoms with Gasteiger partial charge in [-0.25, -0.2) is 8.42 Å². The summed E-state index contributed by atoms with van der Waals surface area (Å²) in [5, 5.41) is 0. The molecule has 19 heavy (non-hydrogen) atoms. The van der Waals surface area contributed by atoms with Crippen LogP contribution in [0.25, 0.3) is 0 Å². The van der Waals surface area contributed by atoms with E-state index in [1.807, 2.05) is 0 Å². The molecule has 6 nitrogen and oxygen atoms in total. The summed E-state index contributed by atoms with van der Waals surface area (Å²) in [4.78, 5) is 25.6. The molecule has 0 atom stereocenters. The molecule has 1 saturated heterocycles. The van der Waals surface area contributed by atoms with Gasteiger partial charge in [-0.1, -0.05) is 0 Å². The first-order valence-corrected chi connectivity index (χ1v) is 8.14. The molecule has 0 unspecified atom stereocenters. The lowest BCUT2D eigenvalue weighted by Gasteiger charge is -2.29. The van der Waals surface area contributed by atoms with Crippen LogP contribution in [-0.2, 0) is 24.2 Å². The number of rotatable bonds is 5. The van der Waals surface area contributed by atoms with Gasteiger partial charge in [0.2, 0.25) is 0 Å². The minimum absolute atomic E-state index is 0.0696. The molecule has 1 aliphatic heterocycles. The lowest BCUT2D eigenvalue weighted by molar-refractivity contribution is -0.158. The Morgan fingerprint density at radius 3 is 2.21 bits per heavy atom. The average molecular weight is 291 g/mol. The van der Waals surface area contributed by atoms with Crippen LogP contribution in [0.1, 0.15) is 20.8 Å². The first kappa shape index (κ1) is 16.1. The number of ketones is 1. The quantitative estimate of drug-likeness (QED) is 0.519. The standard InChI is InChI=1S/C12H21NO5S/c1-4-18-11(15)12(2,3)10(14)9-13-5-7-19(16,17)8-6-13/h4-9H2,1-3H3. The number of Topliss-reactive ketones (excluding diaryl/α,β-unsaturated/α-hetero) is 1. The van der Waals surface area contributed by atoms with E-state index in [1.165, 1.54) is 13.8 Å². The summed E-state index contributed by atoms with van der Waals surface area (Å²) >= 11 is 0. The highest BCUT2D eigenvalue weighted by atomic mass is 32.2. The predicted octanol–water partition coefficient (Wildman–Crippen LogP) is -0.125. The molecule has 110 valence electrons. The normalized spacial score (nSPS) is 19.9. The molecule has 0 saturated carbocycles. The third-order valence-corrected chi connectivity index (χ3v) is 4.90. The summed E-state index contributed by atoms with van der Waals surface area (Å²) in [6, 6.07) is 0. The van der Waals surface area contributed by atoms with Crippen molar-refractivity contribution in [2.45, 2.75) is 20.8 Å². The van der Waals surface area contributed by atoms with Crippen molar-refractivity contribution in [2.24, 2.45) is 5.41 Å². The molecule has 0 amide bonds. The number of esters is 1. The van der Waals surface area contributed by atoms with Gasteiger partial charge in [0.15, 0.2) is 15.6 Å². The third kappa shape index (κ3) is 4.28. The molecular formula is C12H21NO5S. The summed E-state index contributed by atoms with van der Waals surface area (Å²) in [7, 11) is -2.96. The van der Waals surface area contributed by atoms with Gasteiger partial charge in [0.1, 0.15) is 5.41 Å². The predicted molar refractivity (Wildman–Crippen MR) is 70.5 cm³/mol. The zero-order chi connectivity index (χ0) is 14.7. The molecule has 1 fully saturated rings.